The lowest BCUT2D eigenvalue weighted by molar-refractivity contribution is 0.0981. The van der Waals surface area contributed by atoms with Gasteiger partial charge in [0.05, 0.1) is 7.11 Å². The summed E-state index contributed by atoms with van der Waals surface area (Å²) in [7, 11) is -2.56. The number of ether oxygens (including phenoxy) is 1. The number of carbonyl (C=O) groups is 1. The topological polar surface area (TPSA) is 75.7 Å². The number of nitrogens with zero attached hydrogens (tertiary/aromatic N) is 1. The Hall–Kier alpha value is -3.32. The SMILES string of the molecule is COc1ccc(C(=O)N2c3ccccc3CC2C)cc1S(=O)(=O)Nc1ccc(C)cc1. The summed E-state index contributed by atoms with van der Waals surface area (Å²) in [4.78, 5) is 15.0. The summed E-state index contributed by atoms with van der Waals surface area (Å²) in [6.07, 6.45) is 0.762. The van der Waals surface area contributed by atoms with E-state index < -0.39 is 10.0 Å². The average molecular weight is 437 g/mol. The molecule has 6 nitrogen and oxygen atoms in total. The Morgan fingerprint density at radius 3 is 2.48 bits per heavy atom. The summed E-state index contributed by atoms with van der Waals surface area (Å²) >= 11 is 0. The molecule has 0 aliphatic carbocycles. The zero-order chi connectivity index (χ0) is 22.2. The van der Waals surface area contributed by atoms with E-state index in [1.54, 1.807) is 23.1 Å². The predicted molar refractivity (Wildman–Crippen MR) is 121 cm³/mol. The molecule has 0 spiro atoms. The Labute approximate surface area is 182 Å². The normalized spacial score (nSPS) is 15.5. The predicted octanol–water partition coefficient (Wildman–Crippen LogP) is 4.40. The lowest BCUT2D eigenvalue weighted by atomic mass is 10.1. The number of sulfonamides is 1. The molecule has 0 fully saturated rings. The average Bonchev–Trinajstić information content (AvgIpc) is 3.10. The second-order valence-electron chi connectivity index (χ2n) is 7.69. The number of anilines is 2. The number of carbonyl (C=O) groups excluding carboxylic acids is 1. The number of hydrogen-bond donors (Lipinski definition) is 1. The third-order valence-electron chi connectivity index (χ3n) is 5.43. The molecule has 31 heavy (non-hydrogen) atoms. The van der Waals surface area contributed by atoms with Gasteiger partial charge in [0.25, 0.3) is 15.9 Å². The Balaban J connectivity index is 1.71. The summed E-state index contributed by atoms with van der Waals surface area (Å²) < 4.78 is 34.1. The van der Waals surface area contributed by atoms with Gasteiger partial charge in [0.15, 0.2) is 0 Å². The molecule has 0 aromatic heterocycles. The lowest BCUT2D eigenvalue weighted by Gasteiger charge is -2.23. The van der Waals surface area contributed by atoms with Crippen molar-refractivity contribution in [2.45, 2.75) is 31.2 Å². The van der Waals surface area contributed by atoms with Crippen LogP contribution in [-0.4, -0.2) is 27.5 Å². The molecule has 1 aliphatic rings. The number of benzene rings is 3. The molecule has 160 valence electrons. The number of rotatable bonds is 5. The summed E-state index contributed by atoms with van der Waals surface area (Å²) in [5, 5.41) is 0. The van der Waals surface area contributed by atoms with Gasteiger partial charge >= 0.3 is 0 Å². The van der Waals surface area contributed by atoms with Gasteiger partial charge in [-0.25, -0.2) is 8.42 Å². The minimum atomic E-state index is -3.97. The van der Waals surface area contributed by atoms with Crippen LogP contribution in [0.25, 0.3) is 0 Å². The first-order valence-corrected chi connectivity index (χ1v) is 11.5. The van der Waals surface area contributed by atoms with Crippen LogP contribution in [0.3, 0.4) is 0 Å². The highest BCUT2D eigenvalue weighted by atomic mass is 32.2. The van der Waals surface area contributed by atoms with Crippen LogP contribution >= 0.6 is 0 Å². The molecule has 1 unspecified atom stereocenters. The lowest BCUT2D eigenvalue weighted by Crippen LogP contribution is -2.35. The maximum atomic E-state index is 13.4. The second kappa shape index (κ2) is 8.07. The van der Waals surface area contributed by atoms with E-state index in [0.717, 1.165) is 23.2 Å². The molecule has 3 aromatic rings. The van der Waals surface area contributed by atoms with Crippen LogP contribution in [0, 0.1) is 6.92 Å². The van der Waals surface area contributed by atoms with Crippen LogP contribution in [-0.2, 0) is 16.4 Å². The Kier molecular flexibility index (Phi) is 5.45. The number of para-hydroxylation sites is 1. The summed E-state index contributed by atoms with van der Waals surface area (Å²) in [5.74, 6) is -0.0714. The number of methoxy groups -OCH3 is 1. The van der Waals surface area contributed by atoms with E-state index >= 15 is 0 Å². The van der Waals surface area contributed by atoms with Crippen molar-refractivity contribution in [1.82, 2.24) is 0 Å². The molecular weight excluding hydrogens is 412 g/mol. The van der Waals surface area contributed by atoms with Gasteiger partial charge in [-0.15, -0.1) is 0 Å². The number of hydrogen-bond acceptors (Lipinski definition) is 4. The van der Waals surface area contributed by atoms with Crippen molar-refractivity contribution in [2.75, 3.05) is 16.7 Å². The highest BCUT2D eigenvalue weighted by Crippen LogP contribution is 2.34. The molecule has 1 aliphatic heterocycles. The summed E-state index contributed by atoms with van der Waals surface area (Å²) in [5.41, 5.74) is 3.71. The molecule has 4 rings (SSSR count). The molecule has 1 N–H and O–H groups in total. The molecule has 0 radical (unpaired) electrons. The highest BCUT2D eigenvalue weighted by molar-refractivity contribution is 7.92. The van der Waals surface area contributed by atoms with Crippen molar-refractivity contribution in [2.24, 2.45) is 0 Å². The fraction of sp³-hybridized carbons (Fsp3) is 0.208. The van der Waals surface area contributed by atoms with Crippen molar-refractivity contribution in [3.63, 3.8) is 0 Å². The first-order valence-electron chi connectivity index (χ1n) is 9.99. The van der Waals surface area contributed by atoms with Crippen LogP contribution in [0.4, 0.5) is 11.4 Å². The quantitative estimate of drug-likeness (QED) is 0.643. The van der Waals surface area contributed by atoms with E-state index in [1.165, 1.54) is 19.2 Å². The minimum absolute atomic E-state index is 0.0160. The van der Waals surface area contributed by atoms with Gasteiger partial charge in [0.1, 0.15) is 10.6 Å². The molecule has 3 aromatic carbocycles. The highest BCUT2D eigenvalue weighted by Gasteiger charge is 2.32. The minimum Gasteiger partial charge on any atom is -0.495 e. The molecular formula is C24H24N2O4S. The zero-order valence-corrected chi connectivity index (χ0v) is 18.4. The standard InChI is InChI=1S/C24H24N2O4S/c1-16-8-11-20(12-9-16)25-31(28,29)23-15-19(10-13-22(23)30-3)24(27)26-17(2)14-18-6-4-5-7-21(18)26/h4-13,15,17,25H,14H2,1-3H3. The molecule has 1 atom stereocenters. The largest absolute Gasteiger partial charge is 0.495 e. The first-order chi connectivity index (χ1) is 14.8. The molecule has 0 saturated heterocycles. The van der Waals surface area contributed by atoms with Gasteiger partial charge < -0.3 is 9.64 Å². The van der Waals surface area contributed by atoms with Crippen molar-refractivity contribution < 1.29 is 17.9 Å². The van der Waals surface area contributed by atoms with Gasteiger partial charge in [0.2, 0.25) is 0 Å². The van der Waals surface area contributed by atoms with E-state index in [2.05, 4.69) is 4.72 Å². The fourth-order valence-electron chi connectivity index (χ4n) is 3.87. The van der Waals surface area contributed by atoms with Gasteiger partial charge in [-0.2, -0.15) is 0 Å². The maximum Gasteiger partial charge on any atom is 0.265 e. The van der Waals surface area contributed by atoms with E-state index in [4.69, 9.17) is 4.74 Å². The van der Waals surface area contributed by atoms with Crippen molar-refractivity contribution in [3.05, 3.63) is 83.4 Å². The van der Waals surface area contributed by atoms with E-state index in [0.29, 0.717) is 5.69 Å². The van der Waals surface area contributed by atoms with Crippen molar-refractivity contribution in [3.8, 4) is 5.75 Å². The maximum absolute atomic E-state index is 13.4. The Morgan fingerprint density at radius 1 is 1.06 bits per heavy atom. The van der Waals surface area contributed by atoms with Gasteiger partial charge in [0, 0.05) is 23.0 Å². The van der Waals surface area contributed by atoms with Crippen LogP contribution in [0.1, 0.15) is 28.4 Å². The van der Waals surface area contributed by atoms with E-state index in [9.17, 15) is 13.2 Å². The summed E-state index contributed by atoms with van der Waals surface area (Å²) in [6, 6.07) is 19.3. The molecule has 7 heteroatoms. The van der Waals surface area contributed by atoms with Gasteiger partial charge in [-0.05, 0) is 62.2 Å². The van der Waals surface area contributed by atoms with E-state index in [-0.39, 0.29) is 28.2 Å². The third-order valence-corrected chi connectivity index (χ3v) is 6.83. The fourth-order valence-corrected chi connectivity index (χ4v) is 5.12. The monoisotopic (exact) mass is 436 g/mol. The number of nitrogens with one attached hydrogen (secondary N) is 1. The molecule has 1 heterocycles. The van der Waals surface area contributed by atoms with E-state index in [1.807, 2.05) is 50.2 Å². The smallest absolute Gasteiger partial charge is 0.265 e. The van der Waals surface area contributed by atoms with Crippen LogP contribution < -0.4 is 14.4 Å². The second-order valence-corrected chi connectivity index (χ2v) is 9.34. The number of amides is 1. The van der Waals surface area contributed by atoms with Crippen molar-refractivity contribution in [1.29, 1.82) is 0 Å². The third kappa shape index (κ3) is 4.01. The Morgan fingerprint density at radius 2 is 1.77 bits per heavy atom. The van der Waals surface area contributed by atoms with Gasteiger partial charge in [-0.3, -0.25) is 9.52 Å². The summed E-state index contributed by atoms with van der Waals surface area (Å²) in [6.45, 7) is 3.91. The molecule has 0 bridgehead atoms. The first kappa shape index (κ1) is 20.9. The number of fused-ring (bicyclic) bond motifs is 1. The van der Waals surface area contributed by atoms with Crippen LogP contribution in [0.5, 0.6) is 5.75 Å². The van der Waals surface area contributed by atoms with Gasteiger partial charge in [-0.1, -0.05) is 35.9 Å². The Bertz CT molecular complexity index is 1240. The van der Waals surface area contributed by atoms with Crippen LogP contribution in [0.15, 0.2) is 71.6 Å². The molecule has 1 amide bonds. The zero-order valence-electron chi connectivity index (χ0n) is 17.6. The molecule has 0 saturated carbocycles. The van der Waals surface area contributed by atoms with Crippen LogP contribution in [0.2, 0.25) is 0 Å². The number of aryl methyl sites for hydroxylation is 1. The van der Waals surface area contributed by atoms with Crippen molar-refractivity contribution >= 4 is 27.3 Å².